The van der Waals surface area contributed by atoms with Crippen molar-refractivity contribution in [2.45, 2.75) is 19.8 Å². The number of carbonyl (C=O) groups is 1. The fraction of sp³-hybridized carbons (Fsp3) is 0.318. The Labute approximate surface area is 175 Å². The number of nitrogens with zero attached hydrogens (tertiary/aromatic N) is 4. The van der Waals surface area contributed by atoms with E-state index in [0.29, 0.717) is 22.9 Å². The van der Waals surface area contributed by atoms with E-state index >= 15 is 0 Å². The molecule has 0 aliphatic carbocycles. The number of carbonyl (C=O) groups excluding carboxylic acids is 1. The van der Waals surface area contributed by atoms with E-state index in [1.54, 1.807) is 44.0 Å². The third-order valence-corrected chi connectivity index (χ3v) is 5.30. The molecule has 1 aromatic heterocycles. The molecule has 0 radical (unpaired) electrons. The Kier molecular flexibility index (Phi) is 5.56. The van der Waals surface area contributed by atoms with Gasteiger partial charge in [-0.3, -0.25) is 4.79 Å². The SMILES string of the molecule is COc1ccc(OC)c(-n2nnc(C(=O)Nc3cccc(N4CCCC4)c3)c2C)c1. The molecule has 3 aromatic rings. The molecule has 8 heteroatoms. The van der Waals surface area contributed by atoms with E-state index in [2.05, 4.69) is 26.6 Å². The van der Waals surface area contributed by atoms with Crippen LogP contribution in [0.3, 0.4) is 0 Å². The Morgan fingerprint density at radius 2 is 1.87 bits per heavy atom. The predicted octanol–water partition coefficient (Wildman–Crippen LogP) is 3.45. The molecule has 156 valence electrons. The zero-order chi connectivity index (χ0) is 21.1. The van der Waals surface area contributed by atoms with Crippen molar-refractivity contribution in [2.24, 2.45) is 0 Å². The molecule has 30 heavy (non-hydrogen) atoms. The quantitative estimate of drug-likeness (QED) is 0.674. The van der Waals surface area contributed by atoms with Gasteiger partial charge in [-0.1, -0.05) is 11.3 Å². The largest absolute Gasteiger partial charge is 0.497 e. The molecule has 0 bridgehead atoms. The molecule has 0 atom stereocenters. The van der Waals surface area contributed by atoms with E-state index in [0.717, 1.165) is 24.5 Å². The number of nitrogens with one attached hydrogen (secondary N) is 1. The Hall–Kier alpha value is -3.55. The molecular weight excluding hydrogens is 382 g/mol. The molecular formula is C22H25N5O3. The lowest BCUT2D eigenvalue weighted by Gasteiger charge is -2.18. The van der Waals surface area contributed by atoms with Crippen molar-refractivity contribution >= 4 is 17.3 Å². The summed E-state index contributed by atoms with van der Waals surface area (Å²) in [4.78, 5) is 15.2. The van der Waals surface area contributed by atoms with E-state index in [9.17, 15) is 4.79 Å². The van der Waals surface area contributed by atoms with E-state index in [4.69, 9.17) is 9.47 Å². The van der Waals surface area contributed by atoms with Crippen molar-refractivity contribution in [3.05, 3.63) is 53.9 Å². The van der Waals surface area contributed by atoms with Gasteiger partial charge < -0.3 is 19.7 Å². The average molecular weight is 407 g/mol. The fourth-order valence-corrected chi connectivity index (χ4v) is 3.68. The summed E-state index contributed by atoms with van der Waals surface area (Å²) in [7, 11) is 3.17. The third-order valence-electron chi connectivity index (χ3n) is 5.30. The first-order chi connectivity index (χ1) is 14.6. The highest BCUT2D eigenvalue weighted by Gasteiger charge is 2.20. The summed E-state index contributed by atoms with van der Waals surface area (Å²) in [5.41, 5.74) is 3.36. The summed E-state index contributed by atoms with van der Waals surface area (Å²) >= 11 is 0. The highest BCUT2D eigenvalue weighted by Crippen LogP contribution is 2.29. The predicted molar refractivity (Wildman–Crippen MR) is 115 cm³/mol. The Balaban J connectivity index is 1.58. The Morgan fingerprint density at radius 1 is 1.07 bits per heavy atom. The normalized spacial score (nSPS) is 13.4. The van der Waals surface area contributed by atoms with E-state index in [1.165, 1.54) is 12.8 Å². The second-order valence-corrected chi connectivity index (χ2v) is 7.17. The van der Waals surface area contributed by atoms with Crippen molar-refractivity contribution in [3.63, 3.8) is 0 Å². The van der Waals surface area contributed by atoms with Gasteiger partial charge in [-0.05, 0) is 50.1 Å². The number of amides is 1. The summed E-state index contributed by atoms with van der Waals surface area (Å²) in [6.07, 6.45) is 2.40. The second-order valence-electron chi connectivity index (χ2n) is 7.17. The van der Waals surface area contributed by atoms with Crippen LogP contribution in [0.1, 0.15) is 29.0 Å². The third kappa shape index (κ3) is 3.80. The molecule has 1 fully saturated rings. The minimum absolute atomic E-state index is 0.256. The number of methoxy groups -OCH3 is 2. The lowest BCUT2D eigenvalue weighted by atomic mass is 10.2. The number of hydrogen-bond acceptors (Lipinski definition) is 6. The molecule has 2 aromatic carbocycles. The van der Waals surface area contributed by atoms with Gasteiger partial charge in [0, 0.05) is 30.5 Å². The van der Waals surface area contributed by atoms with Gasteiger partial charge in [0.2, 0.25) is 0 Å². The monoisotopic (exact) mass is 407 g/mol. The summed E-state index contributed by atoms with van der Waals surface area (Å²) in [5, 5.41) is 11.2. The van der Waals surface area contributed by atoms with E-state index < -0.39 is 0 Å². The minimum atomic E-state index is -0.306. The number of ether oxygens (including phenoxy) is 2. The lowest BCUT2D eigenvalue weighted by Crippen LogP contribution is -2.18. The van der Waals surface area contributed by atoms with Crippen molar-refractivity contribution < 1.29 is 14.3 Å². The van der Waals surface area contributed by atoms with Crippen molar-refractivity contribution in [1.82, 2.24) is 15.0 Å². The van der Waals surface area contributed by atoms with Gasteiger partial charge in [0.15, 0.2) is 5.69 Å². The van der Waals surface area contributed by atoms with Crippen LogP contribution in [0.4, 0.5) is 11.4 Å². The number of hydrogen-bond donors (Lipinski definition) is 1. The highest BCUT2D eigenvalue weighted by atomic mass is 16.5. The summed E-state index contributed by atoms with van der Waals surface area (Å²) in [6.45, 7) is 3.90. The van der Waals surface area contributed by atoms with Gasteiger partial charge in [-0.2, -0.15) is 0 Å². The lowest BCUT2D eigenvalue weighted by molar-refractivity contribution is 0.102. The maximum Gasteiger partial charge on any atom is 0.278 e. The van der Waals surface area contributed by atoms with E-state index in [1.807, 2.05) is 18.2 Å². The van der Waals surface area contributed by atoms with Crippen LogP contribution < -0.4 is 19.7 Å². The molecule has 2 heterocycles. The molecule has 1 aliphatic rings. The van der Waals surface area contributed by atoms with E-state index in [-0.39, 0.29) is 11.6 Å². The van der Waals surface area contributed by atoms with Crippen molar-refractivity contribution in [1.29, 1.82) is 0 Å². The van der Waals surface area contributed by atoms with Crippen LogP contribution in [0.15, 0.2) is 42.5 Å². The topological polar surface area (TPSA) is 81.5 Å². The standard InChI is InChI=1S/C22H25N5O3/c1-15-21(24-25-27(15)19-14-18(29-2)9-10-20(19)30-3)22(28)23-16-7-6-8-17(13-16)26-11-4-5-12-26/h6-10,13-14H,4-5,11-12H2,1-3H3,(H,23,28). The highest BCUT2D eigenvalue weighted by molar-refractivity contribution is 6.03. The number of anilines is 2. The van der Waals surface area contributed by atoms with Crippen molar-refractivity contribution in [2.75, 3.05) is 37.5 Å². The summed E-state index contributed by atoms with van der Waals surface area (Å²) in [5.74, 6) is 0.957. The molecule has 1 N–H and O–H groups in total. The average Bonchev–Trinajstić information content (AvgIpc) is 3.43. The Morgan fingerprint density at radius 3 is 2.60 bits per heavy atom. The van der Waals surface area contributed by atoms with Crippen molar-refractivity contribution in [3.8, 4) is 17.2 Å². The van der Waals surface area contributed by atoms with Gasteiger partial charge in [-0.15, -0.1) is 5.10 Å². The summed E-state index contributed by atoms with van der Waals surface area (Å²) < 4.78 is 12.3. The first-order valence-corrected chi connectivity index (χ1v) is 9.92. The molecule has 1 amide bonds. The van der Waals surface area contributed by atoms with Crippen LogP contribution in [0, 0.1) is 6.92 Å². The first kappa shape index (κ1) is 19.8. The van der Waals surface area contributed by atoms with Gasteiger partial charge in [0.25, 0.3) is 5.91 Å². The number of aromatic nitrogens is 3. The molecule has 4 rings (SSSR count). The zero-order valence-corrected chi connectivity index (χ0v) is 17.4. The second kappa shape index (κ2) is 8.44. The maximum absolute atomic E-state index is 12.9. The van der Waals surface area contributed by atoms with Crippen LogP contribution >= 0.6 is 0 Å². The van der Waals surface area contributed by atoms with Crippen LogP contribution in [-0.2, 0) is 0 Å². The molecule has 0 unspecified atom stereocenters. The molecule has 1 aliphatic heterocycles. The molecule has 0 saturated carbocycles. The summed E-state index contributed by atoms with van der Waals surface area (Å²) in [6, 6.07) is 13.3. The smallest absolute Gasteiger partial charge is 0.278 e. The molecule has 0 spiro atoms. The van der Waals surface area contributed by atoms with Gasteiger partial charge in [-0.25, -0.2) is 4.68 Å². The van der Waals surface area contributed by atoms with Gasteiger partial charge in [0.05, 0.1) is 19.9 Å². The number of rotatable bonds is 6. The Bertz CT molecular complexity index is 1060. The minimum Gasteiger partial charge on any atom is -0.497 e. The van der Waals surface area contributed by atoms with Crippen LogP contribution in [-0.4, -0.2) is 48.2 Å². The zero-order valence-electron chi connectivity index (χ0n) is 17.4. The van der Waals surface area contributed by atoms with Crippen LogP contribution in [0.25, 0.3) is 5.69 Å². The molecule has 8 nitrogen and oxygen atoms in total. The first-order valence-electron chi connectivity index (χ1n) is 9.92. The van der Waals surface area contributed by atoms with Crippen LogP contribution in [0.2, 0.25) is 0 Å². The van der Waals surface area contributed by atoms with Crippen LogP contribution in [0.5, 0.6) is 11.5 Å². The molecule has 1 saturated heterocycles. The number of benzene rings is 2. The fourth-order valence-electron chi connectivity index (χ4n) is 3.68. The van der Waals surface area contributed by atoms with Gasteiger partial charge >= 0.3 is 0 Å². The van der Waals surface area contributed by atoms with Gasteiger partial charge in [0.1, 0.15) is 17.2 Å². The maximum atomic E-state index is 12.9.